The molecule has 2 rings (SSSR count). The maximum Gasteiger partial charge on any atom is 0.407 e. The topological polar surface area (TPSA) is 70.4 Å². The van der Waals surface area contributed by atoms with E-state index in [1.54, 1.807) is 4.90 Å². The Balaban J connectivity index is 1.93. The smallest absolute Gasteiger partial charge is 0.407 e. The number of carboxylic acid groups (broad SMARTS) is 1. The lowest BCUT2D eigenvalue weighted by atomic mass is 9.74. The van der Waals surface area contributed by atoms with Crippen LogP contribution in [0.15, 0.2) is 12.4 Å². The Morgan fingerprint density at radius 3 is 2.86 bits per heavy atom. The summed E-state index contributed by atoms with van der Waals surface area (Å²) in [5.74, 6) is 0.380. The fourth-order valence-corrected chi connectivity index (χ4v) is 2.97. The van der Waals surface area contributed by atoms with Crippen molar-refractivity contribution >= 4 is 11.8 Å². The van der Waals surface area contributed by atoms with Crippen molar-refractivity contribution in [1.29, 1.82) is 0 Å². The number of hydrogen-bond donors (Lipinski definition) is 2. The Kier molecular flexibility index (Phi) is 4.98. The normalized spacial score (nSPS) is 19.5. The average molecular weight is 308 g/mol. The SMILES string of the molecule is CC(C)n1cc(NCC(C)(C)[C@H]2CCCN(C(=O)O)C2)cn1. The molecule has 1 aromatic heterocycles. The van der Waals surface area contributed by atoms with Crippen LogP contribution in [0.25, 0.3) is 0 Å². The second kappa shape index (κ2) is 6.58. The van der Waals surface area contributed by atoms with Gasteiger partial charge in [0.15, 0.2) is 0 Å². The molecule has 22 heavy (non-hydrogen) atoms. The van der Waals surface area contributed by atoms with E-state index in [-0.39, 0.29) is 5.41 Å². The molecule has 6 heteroatoms. The molecule has 0 unspecified atom stereocenters. The number of likely N-dealkylation sites (tertiary alicyclic amines) is 1. The van der Waals surface area contributed by atoms with Crippen LogP contribution in [0.5, 0.6) is 0 Å². The predicted octanol–water partition coefficient (Wildman–Crippen LogP) is 3.29. The van der Waals surface area contributed by atoms with Crippen molar-refractivity contribution in [3.8, 4) is 0 Å². The fraction of sp³-hybridized carbons (Fsp3) is 0.750. The van der Waals surface area contributed by atoms with E-state index in [0.29, 0.717) is 25.0 Å². The molecule has 2 heterocycles. The first-order chi connectivity index (χ1) is 10.3. The molecule has 1 aromatic rings. The zero-order valence-electron chi connectivity index (χ0n) is 14.0. The summed E-state index contributed by atoms with van der Waals surface area (Å²) in [6, 6.07) is 0.353. The zero-order valence-corrected chi connectivity index (χ0v) is 14.0. The summed E-state index contributed by atoms with van der Waals surface area (Å²) in [5.41, 5.74) is 1.06. The molecular formula is C16H28N4O2. The highest BCUT2D eigenvalue weighted by molar-refractivity contribution is 5.65. The van der Waals surface area contributed by atoms with Gasteiger partial charge in [-0.15, -0.1) is 0 Å². The first-order valence-electron chi connectivity index (χ1n) is 8.05. The highest BCUT2D eigenvalue weighted by Crippen LogP contribution is 2.34. The van der Waals surface area contributed by atoms with Crippen molar-refractivity contribution in [3.05, 3.63) is 12.4 Å². The number of nitrogens with zero attached hydrogens (tertiary/aromatic N) is 3. The highest BCUT2D eigenvalue weighted by atomic mass is 16.4. The Labute approximate surface area is 132 Å². The summed E-state index contributed by atoms with van der Waals surface area (Å²) >= 11 is 0. The number of nitrogens with one attached hydrogen (secondary N) is 1. The van der Waals surface area contributed by atoms with E-state index in [0.717, 1.165) is 25.1 Å². The number of piperidine rings is 1. The molecular weight excluding hydrogens is 280 g/mol. The standard InChI is InChI=1S/C16H28N4O2/c1-12(2)20-10-14(8-18-20)17-11-16(3,4)13-6-5-7-19(9-13)15(21)22/h8,10,12-13,17H,5-7,9,11H2,1-4H3,(H,21,22)/t13-/m0/s1. The third-order valence-electron chi connectivity index (χ3n) is 4.68. The van der Waals surface area contributed by atoms with Crippen LogP contribution in [-0.4, -0.2) is 45.5 Å². The van der Waals surface area contributed by atoms with Crippen molar-refractivity contribution in [3.63, 3.8) is 0 Å². The predicted molar refractivity (Wildman–Crippen MR) is 87.2 cm³/mol. The quantitative estimate of drug-likeness (QED) is 0.875. The second-order valence-corrected chi connectivity index (χ2v) is 7.21. The molecule has 0 bridgehead atoms. The first kappa shape index (κ1) is 16.6. The lowest BCUT2D eigenvalue weighted by Gasteiger charge is -2.40. The Morgan fingerprint density at radius 2 is 2.27 bits per heavy atom. The number of amides is 1. The molecule has 124 valence electrons. The van der Waals surface area contributed by atoms with Crippen molar-refractivity contribution in [2.24, 2.45) is 11.3 Å². The van der Waals surface area contributed by atoms with Crippen molar-refractivity contribution in [2.75, 3.05) is 25.0 Å². The maximum absolute atomic E-state index is 11.2. The maximum atomic E-state index is 11.2. The van der Waals surface area contributed by atoms with Gasteiger partial charge in [0.1, 0.15) is 0 Å². The van der Waals surface area contributed by atoms with Crippen LogP contribution in [0.1, 0.15) is 46.6 Å². The molecule has 6 nitrogen and oxygen atoms in total. The molecule has 0 aromatic carbocycles. The molecule has 0 saturated carbocycles. The van der Waals surface area contributed by atoms with Gasteiger partial charge in [-0.25, -0.2) is 4.79 Å². The average Bonchev–Trinajstić information content (AvgIpc) is 2.94. The fourth-order valence-electron chi connectivity index (χ4n) is 2.97. The molecule has 2 N–H and O–H groups in total. The van der Waals surface area contributed by atoms with Gasteiger partial charge in [-0.1, -0.05) is 13.8 Å². The highest BCUT2D eigenvalue weighted by Gasteiger charge is 2.34. The summed E-state index contributed by atoms with van der Waals surface area (Å²) in [4.78, 5) is 12.7. The number of rotatable bonds is 5. The van der Waals surface area contributed by atoms with Gasteiger partial charge in [0.2, 0.25) is 0 Å². The van der Waals surface area contributed by atoms with Gasteiger partial charge in [-0.2, -0.15) is 5.10 Å². The van der Waals surface area contributed by atoms with E-state index in [2.05, 4.69) is 38.1 Å². The minimum atomic E-state index is -0.799. The largest absolute Gasteiger partial charge is 0.465 e. The summed E-state index contributed by atoms with van der Waals surface area (Å²) in [6.07, 6.45) is 5.10. The summed E-state index contributed by atoms with van der Waals surface area (Å²) < 4.78 is 1.93. The molecule has 1 amide bonds. The van der Waals surface area contributed by atoms with Gasteiger partial charge in [-0.3, -0.25) is 4.68 Å². The van der Waals surface area contributed by atoms with Crippen LogP contribution >= 0.6 is 0 Å². The zero-order chi connectivity index (χ0) is 16.3. The van der Waals surface area contributed by atoms with Crippen molar-refractivity contribution < 1.29 is 9.90 Å². The minimum Gasteiger partial charge on any atom is -0.465 e. The first-order valence-corrected chi connectivity index (χ1v) is 8.05. The Hall–Kier alpha value is -1.72. The molecule has 1 aliphatic heterocycles. The van der Waals surface area contributed by atoms with Crippen molar-refractivity contribution in [1.82, 2.24) is 14.7 Å². The van der Waals surface area contributed by atoms with Crippen LogP contribution in [0.2, 0.25) is 0 Å². The Morgan fingerprint density at radius 1 is 1.55 bits per heavy atom. The monoisotopic (exact) mass is 308 g/mol. The van der Waals surface area contributed by atoms with Crippen LogP contribution in [0.4, 0.5) is 10.5 Å². The lowest BCUT2D eigenvalue weighted by Crippen LogP contribution is -2.45. The summed E-state index contributed by atoms with van der Waals surface area (Å²) in [6.45, 7) is 10.7. The molecule has 1 aliphatic rings. The Bertz CT molecular complexity index is 510. The van der Waals surface area contributed by atoms with E-state index in [9.17, 15) is 9.90 Å². The number of aromatic nitrogens is 2. The lowest BCUT2D eigenvalue weighted by molar-refractivity contribution is 0.0839. The third kappa shape index (κ3) is 3.93. The molecule has 0 spiro atoms. The molecule has 1 fully saturated rings. The van der Waals surface area contributed by atoms with Gasteiger partial charge in [-0.05, 0) is 38.0 Å². The summed E-state index contributed by atoms with van der Waals surface area (Å²) in [7, 11) is 0. The van der Waals surface area contributed by atoms with E-state index in [1.165, 1.54) is 0 Å². The number of carbonyl (C=O) groups is 1. The molecule has 0 aliphatic carbocycles. The number of anilines is 1. The summed E-state index contributed by atoms with van der Waals surface area (Å²) in [5, 5.41) is 17.0. The van der Waals surface area contributed by atoms with Gasteiger partial charge in [0, 0.05) is 31.9 Å². The van der Waals surface area contributed by atoms with Gasteiger partial charge in [0.25, 0.3) is 0 Å². The van der Waals surface area contributed by atoms with E-state index < -0.39 is 6.09 Å². The third-order valence-corrected chi connectivity index (χ3v) is 4.68. The van der Waals surface area contributed by atoms with Crippen LogP contribution in [0.3, 0.4) is 0 Å². The van der Waals surface area contributed by atoms with Crippen LogP contribution in [-0.2, 0) is 0 Å². The second-order valence-electron chi connectivity index (χ2n) is 7.21. The van der Waals surface area contributed by atoms with E-state index in [4.69, 9.17) is 0 Å². The van der Waals surface area contributed by atoms with Crippen LogP contribution in [0, 0.1) is 11.3 Å². The molecule has 1 atom stereocenters. The van der Waals surface area contributed by atoms with Crippen LogP contribution < -0.4 is 5.32 Å². The van der Waals surface area contributed by atoms with E-state index in [1.807, 2.05) is 17.1 Å². The van der Waals surface area contributed by atoms with E-state index >= 15 is 0 Å². The minimum absolute atomic E-state index is 0.0358. The molecule has 0 radical (unpaired) electrons. The molecule has 1 saturated heterocycles. The van der Waals surface area contributed by atoms with Gasteiger partial charge < -0.3 is 15.3 Å². The van der Waals surface area contributed by atoms with Gasteiger partial charge >= 0.3 is 6.09 Å². The van der Waals surface area contributed by atoms with Crippen molar-refractivity contribution in [2.45, 2.75) is 46.6 Å². The van der Waals surface area contributed by atoms with Gasteiger partial charge in [0.05, 0.1) is 11.9 Å². The number of hydrogen-bond acceptors (Lipinski definition) is 3.